The van der Waals surface area contributed by atoms with E-state index >= 15 is 0 Å². The number of aryl methyl sites for hydroxylation is 1. The van der Waals surface area contributed by atoms with Gasteiger partial charge in [0.2, 0.25) is 0 Å². The highest BCUT2D eigenvalue weighted by Crippen LogP contribution is 2.37. The van der Waals surface area contributed by atoms with Gasteiger partial charge in [0.15, 0.2) is 0 Å². The Morgan fingerprint density at radius 3 is 3.00 bits per heavy atom. The molecule has 0 spiro atoms. The molecular formula is C10H13ClS. The zero-order valence-electron chi connectivity index (χ0n) is 7.00. The third kappa shape index (κ3) is 2.24. The van der Waals surface area contributed by atoms with Gasteiger partial charge in [-0.3, -0.25) is 0 Å². The van der Waals surface area contributed by atoms with Crippen molar-refractivity contribution in [3.05, 3.63) is 22.4 Å². The first-order valence-electron chi connectivity index (χ1n) is 4.51. The second-order valence-corrected chi connectivity index (χ2v) is 4.86. The Balaban J connectivity index is 1.74. The summed E-state index contributed by atoms with van der Waals surface area (Å²) in [7, 11) is 0. The number of alkyl halides is 1. The van der Waals surface area contributed by atoms with E-state index in [9.17, 15) is 0 Å². The molecule has 1 aliphatic carbocycles. The SMILES string of the molecule is ClC(CCc1ccsc1)C1CC1. The highest BCUT2D eigenvalue weighted by atomic mass is 35.5. The summed E-state index contributed by atoms with van der Waals surface area (Å²) in [4.78, 5) is 0. The zero-order valence-corrected chi connectivity index (χ0v) is 8.57. The average molecular weight is 201 g/mol. The van der Waals surface area contributed by atoms with E-state index in [2.05, 4.69) is 16.8 Å². The van der Waals surface area contributed by atoms with Gasteiger partial charge in [-0.2, -0.15) is 11.3 Å². The summed E-state index contributed by atoms with van der Waals surface area (Å²) in [5.74, 6) is 0.838. The molecule has 0 N–H and O–H groups in total. The van der Waals surface area contributed by atoms with E-state index in [4.69, 9.17) is 11.6 Å². The van der Waals surface area contributed by atoms with E-state index < -0.39 is 0 Å². The molecule has 0 aliphatic heterocycles. The fraction of sp³-hybridized carbons (Fsp3) is 0.600. The lowest BCUT2D eigenvalue weighted by molar-refractivity contribution is 0.677. The third-order valence-electron chi connectivity index (χ3n) is 2.42. The van der Waals surface area contributed by atoms with Gasteiger partial charge >= 0.3 is 0 Å². The summed E-state index contributed by atoms with van der Waals surface area (Å²) < 4.78 is 0. The summed E-state index contributed by atoms with van der Waals surface area (Å²) in [6.07, 6.45) is 5.03. The Morgan fingerprint density at radius 2 is 2.42 bits per heavy atom. The second-order valence-electron chi connectivity index (χ2n) is 3.52. The summed E-state index contributed by atoms with van der Waals surface area (Å²) in [5.41, 5.74) is 1.45. The average Bonchev–Trinajstić information content (AvgIpc) is 2.80. The minimum Gasteiger partial charge on any atom is -0.152 e. The maximum Gasteiger partial charge on any atom is 0.0367 e. The first kappa shape index (κ1) is 8.58. The van der Waals surface area contributed by atoms with Crippen molar-refractivity contribution in [2.24, 2.45) is 5.92 Å². The molecule has 1 aromatic heterocycles. The smallest absolute Gasteiger partial charge is 0.0367 e. The van der Waals surface area contributed by atoms with Crippen LogP contribution in [0.5, 0.6) is 0 Å². The van der Waals surface area contributed by atoms with E-state index in [1.807, 2.05) is 0 Å². The molecule has 1 unspecified atom stereocenters. The van der Waals surface area contributed by atoms with Gasteiger partial charge in [0, 0.05) is 5.38 Å². The third-order valence-corrected chi connectivity index (χ3v) is 3.73. The van der Waals surface area contributed by atoms with Crippen LogP contribution in [0.2, 0.25) is 0 Å². The molecule has 1 fully saturated rings. The highest BCUT2D eigenvalue weighted by Gasteiger charge is 2.28. The standard InChI is InChI=1S/C10H13ClS/c11-10(9-2-3-9)4-1-8-5-6-12-7-8/h5-7,9-10H,1-4H2. The normalized spacial score (nSPS) is 19.4. The van der Waals surface area contributed by atoms with Crippen molar-refractivity contribution >= 4 is 22.9 Å². The van der Waals surface area contributed by atoms with Gasteiger partial charge in [-0.15, -0.1) is 11.6 Å². The first-order chi connectivity index (χ1) is 5.86. The van der Waals surface area contributed by atoms with Gasteiger partial charge in [-0.25, -0.2) is 0 Å². The first-order valence-corrected chi connectivity index (χ1v) is 5.89. The van der Waals surface area contributed by atoms with E-state index in [1.165, 1.54) is 18.4 Å². The van der Waals surface area contributed by atoms with E-state index in [0.717, 1.165) is 18.8 Å². The molecule has 0 radical (unpaired) electrons. The fourth-order valence-electron chi connectivity index (χ4n) is 1.43. The number of hydrogen-bond acceptors (Lipinski definition) is 1. The van der Waals surface area contributed by atoms with Crippen LogP contribution in [-0.2, 0) is 6.42 Å². The van der Waals surface area contributed by atoms with Crippen LogP contribution < -0.4 is 0 Å². The molecular weight excluding hydrogens is 188 g/mol. The number of halogens is 1. The van der Waals surface area contributed by atoms with Gasteiger partial charge < -0.3 is 0 Å². The van der Waals surface area contributed by atoms with Gasteiger partial charge in [-0.1, -0.05) is 0 Å². The molecule has 1 aliphatic rings. The van der Waals surface area contributed by atoms with Crippen LogP contribution >= 0.6 is 22.9 Å². The monoisotopic (exact) mass is 200 g/mol. The van der Waals surface area contributed by atoms with Crippen LogP contribution in [0, 0.1) is 5.92 Å². The predicted octanol–water partition coefficient (Wildman–Crippen LogP) is 3.70. The Kier molecular flexibility index (Phi) is 2.72. The van der Waals surface area contributed by atoms with E-state index in [1.54, 1.807) is 11.3 Å². The summed E-state index contributed by atoms with van der Waals surface area (Å²) in [5, 5.41) is 4.79. The van der Waals surface area contributed by atoms with Crippen LogP contribution in [0.1, 0.15) is 24.8 Å². The lowest BCUT2D eigenvalue weighted by Gasteiger charge is -2.05. The summed E-state index contributed by atoms with van der Waals surface area (Å²) >= 11 is 7.97. The molecule has 1 heterocycles. The highest BCUT2D eigenvalue weighted by molar-refractivity contribution is 7.07. The maximum atomic E-state index is 6.20. The fourth-order valence-corrected chi connectivity index (χ4v) is 2.50. The van der Waals surface area contributed by atoms with Crippen molar-refractivity contribution < 1.29 is 0 Å². The minimum absolute atomic E-state index is 0.435. The summed E-state index contributed by atoms with van der Waals surface area (Å²) in [6, 6.07) is 2.20. The Labute approximate surface area is 82.6 Å². The number of rotatable bonds is 4. The molecule has 12 heavy (non-hydrogen) atoms. The lowest BCUT2D eigenvalue weighted by Crippen LogP contribution is -2.02. The molecule has 2 heteroatoms. The molecule has 0 amide bonds. The molecule has 1 atom stereocenters. The largest absolute Gasteiger partial charge is 0.152 e. The molecule has 66 valence electrons. The maximum absolute atomic E-state index is 6.20. The molecule has 0 bridgehead atoms. The summed E-state index contributed by atoms with van der Waals surface area (Å²) in [6.45, 7) is 0. The van der Waals surface area contributed by atoms with Crippen molar-refractivity contribution in [2.45, 2.75) is 31.1 Å². The van der Waals surface area contributed by atoms with Crippen LogP contribution in [0.15, 0.2) is 16.8 Å². The van der Waals surface area contributed by atoms with Crippen molar-refractivity contribution in [3.63, 3.8) is 0 Å². The second kappa shape index (κ2) is 3.80. The van der Waals surface area contributed by atoms with Gasteiger partial charge in [0.1, 0.15) is 0 Å². The van der Waals surface area contributed by atoms with Crippen molar-refractivity contribution in [1.82, 2.24) is 0 Å². The van der Waals surface area contributed by atoms with Crippen LogP contribution in [0.3, 0.4) is 0 Å². The van der Waals surface area contributed by atoms with Gasteiger partial charge in [0.05, 0.1) is 0 Å². The van der Waals surface area contributed by atoms with E-state index in [-0.39, 0.29) is 0 Å². The molecule has 1 saturated carbocycles. The Morgan fingerprint density at radius 1 is 1.58 bits per heavy atom. The zero-order chi connectivity index (χ0) is 8.39. The Bertz CT molecular complexity index is 226. The van der Waals surface area contributed by atoms with E-state index in [0.29, 0.717) is 5.38 Å². The molecule has 0 saturated heterocycles. The molecule has 0 nitrogen and oxygen atoms in total. The van der Waals surface area contributed by atoms with Crippen LogP contribution in [0.4, 0.5) is 0 Å². The van der Waals surface area contributed by atoms with Crippen LogP contribution in [-0.4, -0.2) is 5.38 Å². The quantitative estimate of drug-likeness (QED) is 0.651. The van der Waals surface area contributed by atoms with Gasteiger partial charge in [0.25, 0.3) is 0 Å². The van der Waals surface area contributed by atoms with Crippen molar-refractivity contribution in [1.29, 1.82) is 0 Å². The predicted molar refractivity (Wildman–Crippen MR) is 55.0 cm³/mol. The van der Waals surface area contributed by atoms with Crippen LogP contribution in [0.25, 0.3) is 0 Å². The van der Waals surface area contributed by atoms with Gasteiger partial charge in [-0.05, 0) is 54.0 Å². The minimum atomic E-state index is 0.435. The van der Waals surface area contributed by atoms with Crippen molar-refractivity contribution in [2.75, 3.05) is 0 Å². The number of hydrogen-bond donors (Lipinski definition) is 0. The lowest BCUT2D eigenvalue weighted by atomic mass is 10.1. The molecule has 0 aromatic carbocycles. The Hall–Kier alpha value is -0.0100. The molecule has 1 aromatic rings. The molecule has 2 rings (SSSR count). The topological polar surface area (TPSA) is 0 Å². The van der Waals surface area contributed by atoms with Crippen molar-refractivity contribution in [3.8, 4) is 0 Å². The number of thiophene rings is 1.